The average Bonchev–Trinajstić information content (AvgIpc) is 3.27. The summed E-state index contributed by atoms with van der Waals surface area (Å²) < 4.78 is 0. The van der Waals surface area contributed by atoms with Gasteiger partial charge in [-0.15, -0.1) is 0 Å². The van der Waals surface area contributed by atoms with Crippen molar-refractivity contribution in [2.75, 3.05) is 19.6 Å². The van der Waals surface area contributed by atoms with Gasteiger partial charge in [0.15, 0.2) is 0 Å². The summed E-state index contributed by atoms with van der Waals surface area (Å²) in [5, 5.41) is 4.08. The smallest absolute Gasteiger partial charge is 0.00189 e. The summed E-state index contributed by atoms with van der Waals surface area (Å²) in [5.41, 5.74) is 0. The van der Waals surface area contributed by atoms with Crippen molar-refractivity contribution in [2.24, 2.45) is 0 Å². The number of thiophene rings is 1. The molecule has 27 heavy (non-hydrogen) atoms. The lowest BCUT2D eigenvalue weighted by Crippen LogP contribution is -2.25. The molecule has 1 aromatic heterocycles. The van der Waals surface area contributed by atoms with E-state index in [4.69, 9.17) is 0 Å². The Hall–Kier alpha value is -0.340. The number of hydrogen-bond acceptors (Lipinski definition) is 2. The second-order valence-corrected chi connectivity index (χ2v) is 9.05. The van der Waals surface area contributed by atoms with Crippen LogP contribution in [0.3, 0.4) is 0 Å². The quantitative estimate of drug-likeness (QED) is 0.461. The molecule has 0 aromatic carbocycles. The summed E-state index contributed by atoms with van der Waals surface area (Å²) in [6.45, 7) is 6.27. The summed E-state index contributed by atoms with van der Waals surface area (Å²) in [6.07, 6.45) is 25.1. The van der Waals surface area contributed by atoms with E-state index in [9.17, 15) is 0 Å². The van der Waals surface area contributed by atoms with Gasteiger partial charge >= 0.3 is 0 Å². The van der Waals surface area contributed by atoms with Crippen LogP contribution < -0.4 is 0 Å². The Morgan fingerprint density at radius 1 is 0.519 bits per heavy atom. The van der Waals surface area contributed by atoms with Crippen LogP contribution in [0.15, 0.2) is 22.9 Å². The van der Waals surface area contributed by atoms with Crippen LogP contribution in [0.2, 0.25) is 0 Å². The van der Waals surface area contributed by atoms with Gasteiger partial charge in [-0.25, -0.2) is 0 Å². The van der Waals surface area contributed by atoms with Gasteiger partial charge in [0.25, 0.3) is 0 Å². The second-order valence-electron chi connectivity index (χ2n) is 8.24. The minimum Gasteiger partial charge on any atom is -0.304 e. The van der Waals surface area contributed by atoms with Crippen molar-refractivity contribution < 1.29 is 0 Å². The molecule has 1 aromatic rings. The summed E-state index contributed by atoms with van der Waals surface area (Å²) in [4.78, 5) is 2.68. The molecule has 1 aliphatic heterocycles. The molecule has 0 aliphatic carbocycles. The van der Waals surface area contributed by atoms with Gasteiger partial charge in [0, 0.05) is 0 Å². The van der Waals surface area contributed by atoms with E-state index in [-0.39, 0.29) is 0 Å². The van der Waals surface area contributed by atoms with Crippen LogP contribution in [0.5, 0.6) is 0 Å². The lowest BCUT2D eigenvalue weighted by molar-refractivity contribution is 0.273. The Labute approximate surface area is 174 Å². The Bertz CT molecular complexity index is 325. The van der Waals surface area contributed by atoms with Gasteiger partial charge in [-0.3, -0.25) is 0 Å². The minimum absolute atomic E-state index is 1.25. The van der Waals surface area contributed by atoms with E-state index in [0.717, 1.165) is 0 Å². The van der Waals surface area contributed by atoms with Gasteiger partial charge in [-0.05, 0) is 43.2 Å². The first-order valence-electron chi connectivity index (χ1n) is 12.1. The van der Waals surface area contributed by atoms with Crippen LogP contribution in [0.1, 0.15) is 116 Å². The van der Waals surface area contributed by atoms with Crippen molar-refractivity contribution in [1.29, 1.82) is 0 Å². The molecule has 0 bridgehead atoms. The highest BCUT2D eigenvalue weighted by Gasteiger charge is 2.02. The van der Waals surface area contributed by atoms with Gasteiger partial charge < -0.3 is 4.90 Å². The highest BCUT2D eigenvalue weighted by Crippen LogP contribution is 2.14. The van der Waals surface area contributed by atoms with E-state index in [2.05, 4.69) is 11.8 Å². The molecule has 2 heteroatoms. The van der Waals surface area contributed by atoms with Gasteiger partial charge in [0.05, 0.1) is 0 Å². The summed E-state index contributed by atoms with van der Waals surface area (Å²) in [7, 11) is 0. The van der Waals surface area contributed by atoms with Crippen molar-refractivity contribution in [3.63, 3.8) is 0 Å². The van der Waals surface area contributed by atoms with Crippen molar-refractivity contribution in [3.05, 3.63) is 22.9 Å². The third-order valence-corrected chi connectivity index (χ3v) is 6.45. The molecule has 2 rings (SSSR count). The molecule has 0 unspecified atom stereocenters. The molecule has 1 saturated heterocycles. The van der Waals surface area contributed by atoms with Crippen LogP contribution in [0, 0.1) is 0 Å². The van der Waals surface area contributed by atoms with Crippen LogP contribution in [0.25, 0.3) is 0 Å². The third-order valence-electron chi connectivity index (χ3n) is 5.82. The molecule has 0 saturated carbocycles. The molecule has 0 spiro atoms. The number of nitrogens with zero attached hydrogens (tertiary/aromatic N) is 1. The molecule has 1 fully saturated rings. The van der Waals surface area contributed by atoms with Crippen molar-refractivity contribution in [2.45, 2.75) is 116 Å². The SMILES string of the molecule is CCN1CCCCCCCCCCCCCCCCCCC1.c1ccsc1. The van der Waals surface area contributed by atoms with Crippen molar-refractivity contribution >= 4 is 11.3 Å². The predicted molar refractivity (Wildman–Crippen MR) is 125 cm³/mol. The predicted octanol–water partition coefficient (Wildman–Crippen LogP) is 8.70. The van der Waals surface area contributed by atoms with E-state index < -0.39 is 0 Å². The molecule has 2 heterocycles. The molecule has 0 N–H and O–H groups in total. The van der Waals surface area contributed by atoms with E-state index in [1.165, 1.54) is 129 Å². The van der Waals surface area contributed by atoms with Crippen molar-refractivity contribution in [3.8, 4) is 0 Å². The molecule has 0 radical (unpaired) electrons. The van der Waals surface area contributed by atoms with Crippen LogP contribution in [0.4, 0.5) is 0 Å². The van der Waals surface area contributed by atoms with Crippen molar-refractivity contribution in [1.82, 2.24) is 4.90 Å². The van der Waals surface area contributed by atoms with E-state index in [1.807, 2.05) is 22.9 Å². The minimum atomic E-state index is 1.25. The highest BCUT2D eigenvalue weighted by atomic mass is 32.1. The fraction of sp³-hybridized carbons (Fsp3) is 0.840. The Morgan fingerprint density at radius 3 is 1.04 bits per heavy atom. The largest absolute Gasteiger partial charge is 0.304 e. The number of rotatable bonds is 1. The Morgan fingerprint density at radius 2 is 0.815 bits per heavy atom. The lowest BCUT2D eigenvalue weighted by Gasteiger charge is -2.20. The Kier molecular flexibility index (Phi) is 18.7. The zero-order chi connectivity index (χ0) is 19.3. The molecule has 0 amide bonds. The molecule has 1 aliphatic rings. The maximum Gasteiger partial charge on any atom is -0.00189 e. The molecular formula is C25H47NS. The van der Waals surface area contributed by atoms with E-state index >= 15 is 0 Å². The first-order valence-corrected chi connectivity index (χ1v) is 13.1. The second kappa shape index (κ2) is 20.4. The maximum atomic E-state index is 2.68. The summed E-state index contributed by atoms with van der Waals surface area (Å²) >= 11 is 1.71. The van der Waals surface area contributed by atoms with E-state index in [0.29, 0.717) is 0 Å². The Balaban J connectivity index is 0.000000625. The fourth-order valence-electron chi connectivity index (χ4n) is 3.98. The fourth-order valence-corrected chi connectivity index (χ4v) is 4.43. The molecule has 1 nitrogen and oxygen atoms in total. The highest BCUT2D eigenvalue weighted by molar-refractivity contribution is 7.07. The van der Waals surface area contributed by atoms with Crippen LogP contribution >= 0.6 is 11.3 Å². The molecule has 158 valence electrons. The summed E-state index contributed by atoms with van der Waals surface area (Å²) in [5.74, 6) is 0. The third kappa shape index (κ3) is 17.5. The first-order chi connectivity index (χ1) is 13.4. The average molecular weight is 394 g/mol. The van der Waals surface area contributed by atoms with Crippen LogP contribution in [-0.2, 0) is 0 Å². The maximum absolute atomic E-state index is 2.68. The zero-order valence-corrected chi connectivity index (χ0v) is 19.1. The zero-order valence-electron chi connectivity index (χ0n) is 18.3. The summed E-state index contributed by atoms with van der Waals surface area (Å²) in [6, 6.07) is 4.04. The topological polar surface area (TPSA) is 3.24 Å². The first kappa shape index (κ1) is 24.7. The standard InChI is InChI=1S/C21H43N.C4H4S/c1-2-22-20-18-16-14-12-10-8-6-4-3-5-7-9-11-13-15-17-19-21-22;1-2-4-5-3-1/h2-21H2,1H3;1-4H. The van der Waals surface area contributed by atoms with Gasteiger partial charge in [0.1, 0.15) is 0 Å². The normalized spacial score (nSPS) is 20.9. The monoisotopic (exact) mass is 393 g/mol. The lowest BCUT2D eigenvalue weighted by atomic mass is 10.0. The molecule has 0 atom stereocenters. The van der Waals surface area contributed by atoms with Gasteiger partial charge in [-0.2, -0.15) is 11.3 Å². The van der Waals surface area contributed by atoms with Gasteiger partial charge in [0.2, 0.25) is 0 Å². The van der Waals surface area contributed by atoms with E-state index in [1.54, 1.807) is 11.3 Å². The molecular weight excluding hydrogens is 346 g/mol. The van der Waals surface area contributed by atoms with Crippen LogP contribution in [-0.4, -0.2) is 24.5 Å². The van der Waals surface area contributed by atoms with Gasteiger partial charge in [-0.1, -0.05) is 115 Å². The number of hydrogen-bond donors (Lipinski definition) is 0.